The standard InChI is InChI=1S/C21H15Cl2N3O/c22-18-9-5-4-8-17(18)20-19(23)21(27)26(20)16-12-10-15(11-13-16)25-24-14-6-2-1-3-7-14/h1-13,19-20H. The van der Waals surface area contributed by atoms with Crippen molar-refractivity contribution in [3.8, 4) is 0 Å². The van der Waals surface area contributed by atoms with Gasteiger partial charge in [-0.15, -0.1) is 11.6 Å². The van der Waals surface area contributed by atoms with Crippen LogP contribution >= 0.6 is 23.2 Å². The van der Waals surface area contributed by atoms with Crippen molar-refractivity contribution in [3.63, 3.8) is 0 Å². The Bertz CT molecular complexity index is 990. The number of β-lactam (4-membered cyclic amide) rings is 1. The number of benzene rings is 3. The maximum atomic E-state index is 12.4. The molecule has 3 aromatic rings. The van der Waals surface area contributed by atoms with Gasteiger partial charge in [-0.2, -0.15) is 10.2 Å². The lowest BCUT2D eigenvalue weighted by Crippen LogP contribution is -2.56. The lowest BCUT2D eigenvalue weighted by Gasteiger charge is -2.44. The minimum absolute atomic E-state index is 0.139. The van der Waals surface area contributed by atoms with Crippen LogP contribution in [0.4, 0.5) is 17.1 Å². The van der Waals surface area contributed by atoms with Crippen LogP contribution in [0, 0.1) is 0 Å². The van der Waals surface area contributed by atoms with Crippen LogP contribution in [-0.2, 0) is 4.79 Å². The molecule has 0 saturated carbocycles. The number of azo groups is 1. The summed E-state index contributed by atoms with van der Waals surface area (Å²) in [4.78, 5) is 14.0. The molecule has 4 rings (SSSR count). The quantitative estimate of drug-likeness (QED) is 0.284. The molecule has 1 saturated heterocycles. The summed E-state index contributed by atoms with van der Waals surface area (Å²) in [5, 5.41) is 8.39. The number of carbonyl (C=O) groups excluding carboxylic acids is 1. The average Bonchev–Trinajstić information content (AvgIpc) is 2.72. The Hall–Kier alpha value is -2.69. The molecular formula is C21H15Cl2N3O. The highest BCUT2D eigenvalue weighted by Gasteiger charge is 2.48. The predicted molar refractivity (Wildman–Crippen MR) is 108 cm³/mol. The Kier molecular flexibility index (Phi) is 4.92. The molecular weight excluding hydrogens is 381 g/mol. The predicted octanol–water partition coefficient (Wildman–Crippen LogP) is 6.45. The number of amides is 1. The Balaban J connectivity index is 1.57. The first kappa shape index (κ1) is 17.7. The molecule has 0 aromatic heterocycles. The fraction of sp³-hybridized carbons (Fsp3) is 0.0952. The Morgan fingerprint density at radius 2 is 1.37 bits per heavy atom. The summed E-state index contributed by atoms with van der Waals surface area (Å²) in [5.41, 5.74) is 3.07. The van der Waals surface area contributed by atoms with E-state index in [1.165, 1.54) is 0 Å². The molecule has 1 fully saturated rings. The molecule has 134 valence electrons. The van der Waals surface area contributed by atoms with Gasteiger partial charge in [-0.1, -0.05) is 48.0 Å². The van der Waals surface area contributed by atoms with Crippen LogP contribution in [-0.4, -0.2) is 11.3 Å². The molecule has 0 N–H and O–H groups in total. The van der Waals surface area contributed by atoms with Gasteiger partial charge in [-0.05, 0) is 48.0 Å². The lowest BCUT2D eigenvalue weighted by molar-refractivity contribution is -0.123. The summed E-state index contributed by atoms with van der Waals surface area (Å²) >= 11 is 12.6. The molecule has 0 bridgehead atoms. The summed E-state index contributed by atoms with van der Waals surface area (Å²) < 4.78 is 0. The van der Waals surface area contributed by atoms with Crippen molar-refractivity contribution >= 4 is 46.2 Å². The molecule has 27 heavy (non-hydrogen) atoms. The van der Waals surface area contributed by atoms with E-state index in [1.807, 2.05) is 72.8 Å². The van der Waals surface area contributed by atoms with Crippen molar-refractivity contribution in [2.45, 2.75) is 11.4 Å². The third kappa shape index (κ3) is 3.46. The largest absolute Gasteiger partial charge is 0.301 e. The zero-order valence-corrected chi connectivity index (χ0v) is 15.7. The SMILES string of the molecule is O=C1C(Cl)C(c2ccccc2Cl)N1c1ccc(N=Nc2ccccc2)cc1. The molecule has 1 heterocycles. The first-order valence-electron chi connectivity index (χ1n) is 8.43. The van der Waals surface area contributed by atoms with Gasteiger partial charge >= 0.3 is 0 Å². The van der Waals surface area contributed by atoms with Crippen LogP contribution < -0.4 is 4.90 Å². The van der Waals surface area contributed by atoms with Crippen molar-refractivity contribution in [1.82, 2.24) is 0 Å². The van der Waals surface area contributed by atoms with Gasteiger partial charge < -0.3 is 4.90 Å². The Morgan fingerprint density at radius 1 is 0.778 bits per heavy atom. The van der Waals surface area contributed by atoms with Crippen LogP contribution in [0.3, 0.4) is 0 Å². The topological polar surface area (TPSA) is 45.0 Å². The minimum Gasteiger partial charge on any atom is -0.301 e. The van der Waals surface area contributed by atoms with Crippen molar-refractivity contribution in [1.29, 1.82) is 0 Å². The number of anilines is 1. The van der Waals surface area contributed by atoms with Gasteiger partial charge in [0, 0.05) is 10.7 Å². The minimum atomic E-state index is -0.623. The summed E-state index contributed by atoms with van der Waals surface area (Å²) in [6.07, 6.45) is 0. The molecule has 4 nitrogen and oxygen atoms in total. The van der Waals surface area contributed by atoms with Crippen molar-refractivity contribution < 1.29 is 4.79 Å². The third-order valence-corrected chi connectivity index (χ3v) is 5.19. The monoisotopic (exact) mass is 395 g/mol. The molecule has 6 heteroatoms. The number of carbonyl (C=O) groups is 1. The second kappa shape index (κ2) is 7.51. The Labute approximate surface area is 167 Å². The fourth-order valence-corrected chi connectivity index (χ4v) is 3.64. The number of rotatable bonds is 4. The summed E-state index contributed by atoms with van der Waals surface area (Å²) in [6, 6.07) is 24.0. The van der Waals surface area contributed by atoms with Crippen LogP contribution in [0.2, 0.25) is 5.02 Å². The highest BCUT2D eigenvalue weighted by atomic mass is 35.5. The molecule has 1 aliphatic heterocycles. The van der Waals surface area contributed by atoms with E-state index in [0.717, 1.165) is 16.9 Å². The van der Waals surface area contributed by atoms with E-state index < -0.39 is 5.38 Å². The zero-order valence-electron chi connectivity index (χ0n) is 14.2. The van der Waals surface area contributed by atoms with Gasteiger partial charge in [0.25, 0.3) is 0 Å². The fourth-order valence-electron chi connectivity index (χ4n) is 3.04. The smallest absolute Gasteiger partial charge is 0.248 e. The normalized spacial score (nSPS) is 19.3. The number of hydrogen-bond acceptors (Lipinski definition) is 3. The highest BCUT2D eigenvalue weighted by molar-refractivity contribution is 6.38. The molecule has 0 aliphatic carbocycles. The zero-order chi connectivity index (χ0) is 18.8. The first-order chi connectivity index (χ1) is 13.1. The van der Waals surface area contributed by atoms with Gasteiger partial charge in [0.2, 0.25) is 5.91 Å². The van der Waals surface area contributed by atoms with E-state index >= 15 is 0 Å². The summed E-state index contributed by atoms with van der Waals surface area (Å²) in [6.45, 7) is 0. The maximum Gasteiger partial charge on any atom is 0.248 e. The van der Waals surface area contributed by atoms with E-state index in [9.17, 15) is 4.79 Å². The van der Waals surface area contributed by atoms with Crippen molar-refractivity contribution in [2.75, 3.05) is 4.90 Å². The third-order valence-electron chi connectivity index (χ3n) is 4.42. The Morgan fingerprint density at radius 3 is 2.04 bits per heavy atom. The number of alkyl halides is 1. The van der Waals surface area contributed by atoms with Crippen LogP contribution in [0.15, 0.2) is 89.1 Å². The van der Waals surface area contributed by atoms with Gasteiger partial charge in [0.1, 0.15) is 5.38 Å². The van der Waals surface area contributed by atoms with Gasteiger partial charge in [0.05, 0.1) is 17.4 Å². The number of nitrogens with zero attached hydrogens (tertiary/aromatic N) is 3. The number of hydrogen-bond donors (Lipinski definition) is 0. The second-order valence-electron chi connectivity index (χ2n) is 6.13. The maximum absolute atomic E-state index is 12.4. The van der Waals surface area contributed by atoms with Crippen molar-refractivity contribution in [2.24, 2.45) is 10.2 Å². The number of halogens is 2. The van der Waals surface area contributed by atoms with Gasteiger partial charge in [-0.3, -0.25) is 4.79 Å². The van der Waals surface area contributed by atoms with Gasteiger partial charge in [-0.25, -0.2) is 0 Å². The molecule has 0 spiro atoms. The van der Waals surface area contributed by atoms with E-state index in [2.05, 4.69) is 10.2 Å². The average molecular weight is 396 g/mol. The van der Waals surface area contributed by atoms with E-state index in [0.29, 0.717) is 10.7 Å². The molecule has 1 aliphatic rings. The molecule has 1 amide bonds. The first-order valence-corrected chi connectivity index (χ1v) is 9.25. The van der Waals surface area contributed by atoms with E-state index in [1.54, 1.807) is 11.0 Å². The van der Waals surface area contributed by atoms with E-state index in [-0.39, 0.29) is 11.9 Å². The summed E-state index contributed by atoms with van der Waals surface area (Å²) in [7, 11) is 0. The van der Waals surface area contributed by atoms with Crippen molar-refractivity contribution in [3.05, 3.63) is 89.4 Å². The highest BCUT2D eigenvalue weighted by Crippen LogP contribution is 2.44. The molecule has 3 aromatic carbocycles. The summed E-state index contributed by atoms with van der Waals surface area (Å²) in [5.74, 6) is -0.139. The van der Waals surface area contributed by atoms with Crippen LogP contribution in [0.5, 0.6) is 0 Å². The van der Waals surface area contributed by atoms with Crippen LogP contribution in [0.1, 0.15) is 11.6 Å². The van der Waals surface area contributed by atoms with E-state index in [4.69, 9.17) is 23.2 Å². The molecule has 2 unspecified atom stereocenters. The van der Waals surface area contributed by atoms with Gasteiger partial charge in [0.15, 0.2) is 0 Å². The molecule has 2 atom stereocenters. The lowest BCUT2D eigenvalue weighted by atomic mass is 9.92. The second-order valence-corrected chi connectivity index (χ2v) is 7.01. The molecule has 0 radical (unpaired) electrons. The van der Waals surface area contributed by atoms with Crippen LogP contribution in [0.25, 0.3) is 0 Å².